The van der Waals surface area contributed by atoms with Crippen molar-refractivity contribution >= 4 is 5.91 Å². The second-order valence-corrected chi connectivity index (χ2v) is 8.68. The highest BCUT2D eigenvalue weighted by Crippen LogP contribution is 2.37. The molecule has 0 radical (unpaired) electrons. The Morgan fingerprint density at radius 2 is 1.64 bits per heavy atom. The Morgan fingerprint density at radius 1 is 0.972 bits per heavy atom. The molecule has 2 N–H and O–H groups in total. The van der Waals surface area contributed by atoms with Crippen LogP contribution in [-0.2, 0) is 30.1 Å². The number of aromatic nitrogens is 3. The number of benzene rings is 2. The number of piperazine rings is 1. The van der Waals surface area contributed by atoms with Crippen molar-refractivity contribution in [3.63, 3.8) is 0 Å². The Kier molecular flexibility index (Phi) is 7.34. The van der Waals surface area contributed by atoms with Gasteiger partial charge in [-0.25, -0.2) is 0 Å². The summed E-state index contributed by atoms with van der Waals surface area (Å²) in [5.74, 6) is 0.332. The van der Waals surface area contributed by atoms with Gasteiger partial charge in [-0.05, 0) is 48.6 Å². The van der Waals surface area contributed by atoms with Gasteiger partial charge in [-0.2, -0.15) is 26.3 Å². The van der Waals surface area contributed by atoms with Crippen LogP contribution in [-0.4, -0.2) is 38.6 Å². The Bertz CT molecular complexity index is 1130. The van der Waals surface area contributed by atoms with E-state index in [2.05, 4.69) is 20.5 Å². The van der Waals surface area contributed by atoms with Crippen LogP contribution in [0.1, 0.15) is 47.0 Å². The molecule has 0 aliphatic carbocycles. The lowest BCUT2D eigenvalue weighted by Crippen LogP contribution is -2.55. The first-order chi connectivity index (χ1) is 17.0. The average Bonchev–Trinajstić information content (AvgIpc) is 3.31. The predicted octanol–water partition coefficient (Wildman–Crippen LogP) is 4.91. The van der Waals surface area contributed by atoms with E-state index in [4.69, 9.17) is 0 Å². The van der Waals surface area contributed by atoms with Crippen molar-refractivity contribution in [2.45, 2.75) is 50.2 Å². The van der Waals surface area contributed by atoms with Crippen molar-refractivity contribution in [1.82, 2.24) is 25.4 Å². The number of aryl methyl sites for hydroxylation is 1. The Labute approximate surface area is 202 Å². The number of hydrogen-bond donors (Lipinski definition) is 2. The molecule has 1 amide bonds. The topological polar surface area (TPSA) is 73.9 Å². The molecule has 0 saturated carbocycles. The maximum absolute atomic E-state index is 13.2. The number of carbonyl (C=O) groups is 1. The number of alkyl halides is 6. The quantitative estimate of drug-likeness (QED) is 0.443. The van der Waals surface area contributed by atoms with Crippen LogP contribution in [0.2, 0.25) is 0 Å². The fraction of sp³-hybridized carbons (Fsp3) is 0.375. The standard InChI is InChI=1S/C24H23F6N5O/c25-23(26,27)17-9-15(10-18(11-17)24(28,29)30)5-4-8-19-22(16-6-2-1-3-7-16)35(13-21(36)33-19)12-20-31-14-32-34-20/h1-3,6-7,9-11,14,19,22H,4-5,8,12-13H2,(H,33,36)(H,31,32,34). The molecule has 2 heterocycles. The van der Waals surface area contributed by atoms with E-state index in [0.29, 0.717) is 18.8 Å². The number of carbonyl (C=O) groups excluding carboxylic acids is 1. The second kappa shape index (κ2) is 10.3. The Balaban J connectivity index is 1.54. The van der Waals surface area contributed by atoms with E-state index in [1.165, 1.54) is 6.33 Å². The third-order valence-corrected chi connectivity index (χ3v) is 6.06. The van der Waals surface area contributed by atoms with Gasteiger partial charge in [0.25, 0.3) is 0 Å². The minimum Gasteiger partial charge on any atom is -0.350 e. The maximum atomic E-state index is 13.2. The molecule has 6 nitrogen and oxygen atoms in total. The zero-order chi connectivity index (χ0) is 25.9. The second-order valence-electron chi connectivity index (χ2n) is 8.68. The summed E-state index contributed by atoms with van der Waals surface area (Å²) < 4.78 is 79.2. The van der Waals surface area contributed by atoms with E-state index in [9.17, 15) is 31.1 Å². The lowest BCUT2D eigenvalue weighted by Gasteiger charge is -2.41. The fourth-order valence-corrected chi connectivity index (χ4v) is 4.54. The molecule has 2 atom stereocenters. The fourth-order valence-electron chi connectivity index (χ4n) is 4.54. The lowest BCUT2D eigenvalue weighted by atomic mass is 9.90. The van der Waals surface area contributed by atoms with Crippen LogP contribution in [0, 0.1) is 0 Å². The van der Waals surface area contributed by atoms with Gasteiger partial charge in [0.1, 0.15) is 12.2 Å². The Morgan fingerprint density at radius 3 is 2.22 bits per heavy atom. The van der Waals surface area contributed by atoms with Crippen LogP contribution in [0.15, 0.2) is 54.9 Å². The lowest BCUT2D eigenvalue weighted by molar-refractivity contribution is -0.143. The molecular weight excluding hydrogens is 488 g/mol. The highest BCUT2D eigenvalue weighted by molar-refractivity contribution is 5.79. The molecule has 36 heavy (non-hydrogen) atoms. The monoisotopic (exact) mass is 511 g/mol. The molecule has 0 bridgehead atoms. The highest BCUT2D eigenvalue weighted by Gasteiger charge is 2.38. The third kappa shape index (κ3) is 6.23. The van der Waals surface area contributed by atoms with Crippen LogP contribution in [0.25, 0.3) is 0 Å². The van der Waals surface area contributed by atoms with Crippen LogP contribution < -0.4 is 5.32 Å². The van der Waals surface area contributed by atoms with Gasteiger partial charge in [0.05, 0.1) is 30.3 Å². The van der Waals surface area contributed by atoms with Crippen molar-refractivity contribution in [3.05, 3.63) is 82.9 Å². The van der Waals surface area contributed by atoms with Gasteiger partial charge < -0.3 is 10.3 Å². The summed E-state index contributed by atoms with van der Waals surface area (Å²) in [6.07, 6.45) is -7.76. The zero-order valence-electron chi connectivity index (χ0n) is 18.9. The molecule has 192 valence electrons. The number of H-pyrrole nitrogens is 1. The molecule has 0 spiro atoms. The number of amides is 1. The molecule has 2 unspecified atom stereocenters. The van der Waals surface area contributed by atoms with E-state index >= 15 is 0 Å². The van der Waals surface area contributed by atoms with Crippen LogP contribution >= 0.6 is 0 Å². The van der Waals surface area contributed by atoms with Gasteiger partial charge in [0, 0.05) is 6.04 Å². The van der Waals surface area contributed by atoms with Crippen LogP contribution in [0.3, 0.4) is 0 Å². The number of hydrogen-bond acceptors (Lipinski definition) is 4. The number of rotatable bonds is 7. The summed E-state index contributed by atoms with van der Waals surface area (Å²) in [5.41, 5.74) is -1.81. The van der Waals surface area contributed by atoms with E-state index in [-0.39, 0.29) is 43.0 Å². The molecule has 12 heteroatoms. The van der Waals surface area contributed by atoms with E-state index < -0.39 is 29.5 Å². The minimum atomic E-state index is -4.90. The summed E-state index contributed by atoms with van der Waals surface area (Å²) in [5, 5.41) is 10.7. The van der Waals surface area contributed by atoms with Gasteiger partial charge in [0.15, 0.2) is 0 Å². The molecule has 1 aliphatic heterocycles. The molecule has 3 aromatic rings. The first-order valence-corrected chi connectivity index (χ1v) is 11.2. The predicted molar refractivity (Wildman–Crippen MR) is 117 cm³/mol. The van der Waals surface area contributed by atoms with Crippen LogP contribution in [0.4, 0.5) is 26.3 Å². The van der Waals surface area contributed by atoms with Crippen molar-refractivity contribution in [3.8, 4) is 0 Å². The molecule has 1 saturated heterocycles. The summed E-state index contributed by atoms with van der Waals surface area (Å²) in [7, 11) is 0. The smallest absolute Gasteiger partial charge is 0.350 e. The van der Waals surface area contributed by atoms with Crippen molar-refractivity contribution in [1.29, 1.82) is 0 Å². The van der Waals surface area contributed by atoms with E-state index in [1.807, 2.05) is 35.2 Å². The molecular formula is C24H23F6N5O. The minimum absolute atomic E-state index is 0.0109. The Hall–Kier alpha value is -3.41. The molecule has 2 aromatic carbocycles. The number of nitrogens with one attached hydrogen (secondary N) is 2. The molecule has 1 aliphatic rings. The summed E-state index contributed by atoms with van der Waals surface area (Å²) in [6, 6.07) is 10.3. The normalized spacial score (nSPS) is 19.3. The zero-order valence-corrected chi connectivity index (χ0v) is 18.9. The van der Waals surface area contributed by atoms with Gasteiger partial charge in [-0.15, -0.1) is 10.2 Å². The van der Waals surface area contributed by atoms with Gasteiger partial charge in [-0.3, -0.25) is 9.69 Å². The van der Waals surface area contributed by atoms with Gasteiger partial charge >= 0.3 is 12.4 Å². The number of halogens is 6. The van der Waals surface area contributed by atoms with Gasteiger partial charge in [-0.1, -0.05) is 30.3 Å². The first-order valence-electron chi connectivity index (χ1n) is 11.2. The first kappa shape index (κ1) is 25.7. The number of nitrogens with zero attached hydrogens (tertiary/aromatic N) is 3. The molecule has 4 rings (SSSR count). The molecule has 1 aromatic heterocycles. The highest BCUT2D eigenvalue weighted by atomic mass is 19.4. The van der Waals surface area contributed by atoms with E-state index in [0.717, 1.165) is 17.7 Å². The summed E-state index contributed by atoms with van der Waals surface area (Å²) in [6.45, 7) is 0.408. The van der Waals surface area contributed by atoms with Crippen molar-refractivity contribution in [2.24, 2.45) is 0 Å². The molecule has 1 fully saturated rings. The maximum Gasteiger partial charge on any atom is 0.416 e. The summed E-state index contributed by atoms with van der Waals surface area (Å²) in [4.78, 5) is 17.3. The SMILES string of the molecule is O=C1CN(Cc2nnc[nH]2)C(c2ccccc2)C(CCCc2cc(C(F)(F)F)cc(C(F)(F)F)c2)N1. The van der Waals surface area contributed by atoms with E-state index in [1.54, 1.807) is 0 Å². The summed E-state index contributed by atoms with van der Waals surface area (Å²) >= 11 is 0. The number of aromatic amines is 1. The average molecular weight is 511 g/mol. The van der Waals surface area contributed by atoms with Crippen molar-refractivity contribution in [2.75, 3.05) is 6.54 Å². The third-order valence-electron chi connectivity index (χ3n) is 6.06. The van der Waals surface area contributed by atoms with Crippen LogP contribution in [0.5, 0.6) is 0 Å². The largest absolute Gasteiger partial charge is 0.416 e. The van der Waals surface area contributed by atoms with Crippen molar-refractivity contribution < 1.29 is 31.1 Å². The van der Waals surface area contributed by atoms with Gasteiger partial charge in [0.2, 0.25) is 5.91 Å².